The number of halogens is 1. The first-order valence-corrected chi connectivity index (χ1v) is 6.40. The van der Waals surface area contributed by atoms with Crippen LogP contribution in [0.1, 0.15) is 6.92 Å². The van der Waals surface area contributed by atoms with E-state index in [1.165, 1.54) is 0 Å². The second-order valence-corrected chi connectivity index (χ2v) is 4.10. The summed E-state index contributed by atoms with van der Waals surface area (Å²) < 4.78 is 17.2. The Hall–Kier alpha value is -0.780. The Kier molecular flexibility index (Phi) is 7.00. The molecule has 4 nitrogen and oxygen atoms in total. The van der Waals surface area contributed by atoms with Crippen molar-refractivity contribution >= 4 is 15.9 Å². The van der Waals surface area contributed by atoms with E-state index >= 15 is 0 Å². The molecule has 0 aliphatic heterocycles. The molecule has 0 aliphatic carbocycles. The van der Waals surface area contributed by atoms with E-state index in [0.29, 0.717) is 38.7 Å². The Bertz CT molecular complexity index is 334. The van der Waals surface area contributed by atoms with Gasteiger partial charge in [0.05, 0.1) is 24.3 Å². The highest BCUT2D eigenvalue weighted by molar-refractivity contribution is 9.10. The minimum Gasteiger partial charge on any atom is -0.490 e. The zero-order chi connectivity index (χ0) is 12.5. The van der Waals surface area contributed by atoms with Crippen LogP contribution in [0.25, 0.3) is 0 Å². The maximum absolute atomic E-state index is 5.63. The molecule has 0 saturated heterocycles. The number of hydrogen-bond donors (Lipinski definition) is 1. The van der Waals surface area contributed by atoms with Crippen molar-refractivity contribution in [2.45, 2.75) is 6.92 Å². The van der Waals surface area contributed by atoms with E-state index in [0.717, 1.165) is 10.2 Å². The maximum Gasteiger partial charge on any atom is 0.175 e. The van der Waals surface area contributed by atoms with Gasteiger partial charge in [-0.05, 0) is 35.0 Å². The number of para-hydroxylation sites is 1. The summed E-state index contributed by atoms with van der Waals surface area (Å²) in [4.78, 5) is 0. The molecular weight excluding hydrogens is 286 g/mol. The van der Waals surface area contributed by atoms with E-state index < -0.39 is 0 Å². The summed E-state index contributed by atoms with van der Waals surface area (Å²) in [5.41, 5.74) is 5.32. The Labute approximate surface area is 110 Å². The molecule has 1 rings (SSSR count). The van der Waals surface area contributed by atoms with E-state index in [-0.39, 0.29) is 0 Å². The number of benzene rings is 1. The highest BCUT2D eigenvalue weighted by Gasteiger charge is 2.08. The molecule has 1 aromatic carbocycles. The second kappa shape index (κ2) is 8.33. The van der Waals surface area contributed by atoms with Gasteiger partial charge in [-0.15, -0.1) is 0 Å². The predicted octanol–water partition coefficient (Wildman–Crippen LogP) is 2.20. The average Bonchev–Trinajstić information content (AvgIpc) is 2.32. The Morgan fingerprint density at radius 1 is 1.18 bits per heavy atom. The lowest BCUT2D eigenvalue weighted by Gasteiger charge is -2.13. The van der Waals surface area contributed by atoms with Gasteiger partial charge >= 0.3 is 0 Å². The minimum absolute atomic E-state index is 0.475. The van der Waals surface area contributed by atoms with E-state index in [4.69, 9.17) is 19.9 Å². The van der Waals surface area contributed by atoms with Crippen LogP contribution in [0.3, 0.4) is 0 Å². The summed E-state index contributed by atoms with van der Waals surface area (Å²) in [7, 11) is 0. The molecule has 0 unspecified atom stereocenters. The van der Waals surface area contributed by atoms with Crippen LogP contribution in [0, 0.1) is 0 Å². The molecule has 0 amide bonds. The van der Waals surface area contributed by atoms with Crippen LogP contribution in [0.4, 0.5) is 0 Å². The Balaban J connectivity index is 2.50. The lowest BCUT2D eigenvalue weighted by molar-refractivity contribution is 0.104. The van der Waals surface area contributed by atoms with Crippen molar-refractivity contribution in [3.63, 3.8) is 0 Å². The van der Waals surface area contributed by atoms with Crippen LogP contribution < -0.4 is 15.2 Å². The van der Waals surface area contributed by atoms with Crippen molar-refractivity contribution in [1.29, 1.82) is 0 Å². The molecule has 96 valence electrons. The third kappa shape index (κ3) is 4.93. The maximum atomic E-state index is 5.63. The topological polar surface area (TPSA) is 53.7 Å². The molecule has 0 aliphatic rings. The SMILES string of the molecule is CCOc1cccc(Br)c1OCCOCCN. The van der Waals surface area contributed by atoms with Crippen molar-refractivity contribution in [2.75, 3.05) is 33.0 Å². The molecular formula is C12H18BrNO3. The van der Waals surface area contributed by atoms with E-state index in [2.05, 4.69) is 15.9 Å². The smallest absolute Gasteiger partial charge is 0.175 e. The summed E-state index contributed by atoms with van der Waals surface area (Å²) in [6.07, 6.45) is 0. The largest absolute Gasteiger partial charge is 0.490 e. The molecule has 0 heterocycles. The molecule has 0 saturated carbocycles. The van der Waals surface area contributed by atoms with Crippen molar-refractivity contribution in [3.8, 4) is 11.5 Å². The normalized spacial score (nSPS) is 10.3. The second-order valence-electron chi connectivity index (χ2n) is 3.25. The highest BCUT2D eigenvalue weighted by Crippen LogP contribution is 2.34. The van der Waals surface area contributed by atoms with Gasteiger partial charge in [-0.3, -0.25) is 0 Å². The van der Waals surface area contributed by atoms with E-state index in [9.17, 15) is 0 Å². The van der Waals surface area contributed by atoms with Crippen LogP contribution in [-0.2, 0) is 4.74 Å². The van der Waals surface area contributed by atoms with E-state index in [1.807, 2.05) is 25.1 Å². The minimum atomic E-state index is 0.475. The Morgan fingerprint density at radius 2 is 2.00 bits per heavy atom. The van der Waals surface area contributed by atoms with Gasteiger partial charge in [0.15, 0.2) is 11.5 Å². The summed E-state index contributed by atoms with van der Waals surface area (Å²) in [6, 6.07) is 5.70. The molecule has 2 N–H and O–H groups in total. The molecule has 0 spiro atoms. The van der Waals surface area contributed by atoms with Gasteiger partial charge in [0.2, 0.25) is 0 Å². The van der Waals surface area contributed by atoms with Crippen molar-refractivity contribution in [3.05, 3.63) is 22.7 Å². The summed E-state index contributed by atoms with van der Waals surface area (Å²) in [6.45, 7) is 4.62. The fourth-order valence-electron chi connectivity index (χ4n) is 1.29. The predicted molar refractivity (Wildman–Crippen MR) is 70.7 cm³/mol. The molecule has 0 bridgehead atoms. The third-order valence-corrected chi connectivity index (χ3v) is 2.59. The first-order chi connectivity index (χ1) is 8.29. The molecule has 5 heteroatoms. The van der Waals surface area contributed by atoms with Crippen molar-refractivity contribution < 1.29 is 14.2 Å². The van der Waals surface area contributed by atoms with Gasteiger partial charge in [-0.25, -0.2) is 0 Å². The van der Waals surface area contributed by atoms with Crippen LogP contribution in [0.2, 0.25) is 0 Å². The first kappa shape index (κ1) is 14.3. The van der Waals surface area contributed by atoms with Crippen molar-refractivity contribution in [1.82, 2.24) is 0 Å². The summed E-state index contributed by atoms with van der Waals surface area (Å²) in [5.74, 6) is 1.45. The van der Waals surface area contributed by atoms with Crippen LogP contribution in [0.15, 0.2) is 22.7 Å². The lowest BCUT2D eigenvalue weighted by Crippen LogP contribution is -2.13. The zero-order valence-corrected chi connectivity index (χ0v) is 11.5. The fourth-order valence-corrected chi connectivity index (χ4v) is 1.75. The summed E-state index contributed by atoms with van der Waals surface area (Å²) >= 11 is 3.43. The monoisotopic (exact) mass is 303 g/mol. The molecule has 0 atom stereocenters. The van der Waals surface area contributed by atoms with Gasteiger partial charge in [-0.1, -0.05) is 6.07 Å². The number of rotatable bonds is 8. The molecule has 0 fully saturated rings. The van der Waals surface area contributed by atoms with Crippen LogP contribution in [-0.4, -0.2) is 33.0 Å². The molecule has 0 radical (unpaired) electrons. The van der Waals surface area contributed by atoms with Crippen LogP contribution in [0.5, 0.6) is 11.5 Å². The van der Waals surface area contributed by atoms with Gasteiger partial charge in [0.1, 0.15) is 6.61 Å². The standard InChI is InChI=1S/C12H18BrNO3/c1-2-16-11-5-3-4-10(13)12(11)17-9-8-15-7-6-14/h3-5H,2,6-9,14H2,1H3. The van der Waals surface area contributed by atoms with Crippen molar-refractivity contribution in [2.24, 2.45) is 5.73 Å². The fraction of sp³-hybridized carbons (Fsp3) is 0.500. The molecule has 1 aromatic rings. The van der Waals surface area contributed by atoms with Gasteiger partial charge in [0, 0.05) is 6.54 Å². The molecule has 0 aromatic heterocycles. The summed E-state index contributed by atoms with van der Waals surface area (Å²) in [5, 5.41) is 0. The first-order valence-electron chi connectivity index (χ1n) is 5.61. The lowest BCUT2D eigenvalue weighted by atomic mass is 10.3. The van der Waals surface area contributed by atoms with Gasteiger partial charge in [-0.2, -0.15) is 0 Å². The van der Waals surface area contributed by atoms with Gasteiger partial charge in [0.25, 0.3) is 0 Å². The van der Waals surface area contributed by atoms with Crippen LogP contribution >= 0.6 is 15.9 Å². The quantitative estimate of drug-likeness (QED) is 0.748. The third-order valence-electron chi connectivity index (χ3n) is 1.97. The number of nitrogens with two attached hydrogens (primary N) is 1. The number of hydrogen-bond acceptors (Lipinski definition) is 4. The van der Waals surface area contributed by atoms with E-state index in [1.54, 1.807) is 0 Å². The van der Waals surface area contributed by atoms with Gasteiger partial charge < -0.3 is 19.9 Å². The highest BCUT2D eigenvalue weighted by atomic mass is 79.9. The average molecular weight is 304 g/mol. The number of ether oxygens (including phenoxy) is 3. The molecule has 17 heavy (non-hydrogen) atoms. The Morgan fingerprint density at radius 3 is 2.71 bits per heavy atom. The zero-order valence-electron chi connectivity index (χ0n) is 9.95.